The summed E-state index contributed by atoms with van der Waals surface area (Å²) in [5.41, 5.74) is 5.42. The van der Waals surface area contributed by atoms with Crippen LogP contribution in [0.2, 0.25) is 0 Å². The molecule has 0 aromatic carbocycles. The predicted molar refractivity (Wildman–Crippen MR) is 60.2 cm³/mol. The Kier molecular flexibility index (Phi) is 3.19. The Balaban J connectivity index is 2.33. The van der Waals surface area contributed by atoms with Crippen LogP contribution in [-0.2, 0) is 0 Å². The Morgan fingerprint density at radius 2 is 2.06 bits per heavy atom. The van der Waals surface area contributed by atoms with Crippen LogP contribution in [0.4, 0.5) is 0 Å². The molecule has 5 heteroatoms. The highest BCUT2D eigenvalue weighted by atomic mass is 15.2. The van der Waals surface area contributed by atoms with E-state index in [1.54, 1.807) is 24.8 Å². The minimum absolute atomic E-state index is 0.179. The molecule has 0 amide bonds. The van der Waals surface area contributed by atoms with Crippen LogP contribution < -0.4 is 11.3 Å². The largest absolute Gasteiger partial charge is 0.271 e. The second-order valence-corrected chi connectivity index (χ2v) is 3.46. The van der Waals surface area contributed by atoms with Crippen LogP contribution >= 0.6 is 0 Å². The summed E-state index contributed by atoms with van der Waals surface area (Å²) in [4.78, 5) is 12.5. The van der Waals surface area contributed by atoms with Gasteiger partial charge in [-0.3, -0.25) is 20.8 Å². The maximum Gasteiger partial charge on any atom is 0.0911 e. The zero-order chi connectivity index (χ0) is 11.4. The molecule has 16 heavy (non-hydrogen) atoms. The van der Waals surface area contributed by atoms with E-state index < -0.39 is 0 Å². The van der Waals surface area contributed by atoms with Gasteiger partial charge in [0.2, 0.25) is 0 Å². The number of pyridine rings is 1. The Labute approximate surface area is 93.7 Å². The lowest BCUT2D eigenvalue weighted by Gasteiger charge is -2.14. The molecule has 0 aliphatic heterocycles. The van der Waals surface area contributed by atoms with Gasteiger partial charge in [0.05, 0.1) is 17.9 Å². The summed E-state index contributed by atoms with van der Waals surface area (Å²) in [7, 11) is 0. The van der Waals surface area contributed by atoms with Gasteiger partial charge in [-0.25, -0.2) is 5.43 Å². The molecule has 0 fully saturated rings. The molecular weight excluding hydrogens is 202 g/mol. The van der Waals surface area contributed by atoms with E-state index in [1.807, 2.05) is 19.1 Å². The fraction of sp³-hybridized carbons (Fsp3) is 0.182. The zero-order valence-corrected chi connectivity index (χ0v) is 8.96. The topological polar surface area (TPSA) is 76.7 Å². The fourth-order valence-corrected chi connectivity index (χ4v) is 1.46. The van der Waals surface area contributed by atoms with Crippen molar-refractivity contribution in [2.45, 2.75) is 13.0 Å². The monoisotopic (exact) mass is 215 g/mol. The Hall–Kier alpha value is -1.85. The van der Waals surface area contributed by atoms with Gasteiger partial charge in [-0.2, -0.15) is 0 Å². The molecule has 2 aromatic rings. The summed E-state index contributed by atoms with van der Waals surface area (Å²) in [6.07, 6.45) is 6.74. The molecule has 0 saturated carbocycles. The molecule has 1 unspecified atom stereocenters. The molecule has 1 atom stereocenters. The van der Waals surface area contributed by atoms with Crippen molar-refractivity contribution in [1.29, 1.82) is 0 Å². The number of nitrogens with two attached hydrogens (primary N) is 1. The quantitative estimate of drug-likeness (QED) is 0.583. The van der Waals surface area contributed by atoms with Crippen LogP contribution in [0.15, 0.2) is 36.9 Å². The van der Waals surface area contributed by atoms with E-state index in [9.17, 15) is 0 Å². The second-order valence-electron chi connectivity index (χ2n) is 3.46. The van der Waals surface area contributed by atoms with Crippen molar-refractivity contribution in [2.24, 2.45) is 5.84 Å². The number of nitrogens with zero attached hydrogens (tertiary/aromatic N) is 3. The van der Waals surface area contributed by atoms with E-state index in [-0.39, 0.29) is 6.04 Å². The minimum Gasteiger partial charge on any atom is -0.271 e. The van der Waals surface area contributed by atoms with Crippen LogP contribution in [0.3, 0.4) is 0 Å². The van der Waals surface area contributed by atoms with E-state index in [4.69, 9.17) is 5.84 Å². The summed E-state index contributed by atoms with van der Waals surface area (Å²) in [6.45, 7) is 1.94. The first-order chi connectivity index (χ1) is 7.81. The van der Waals surface area contributed by atoms with Crippen LogP contribution in [0, 0.1) is 6.92 Å². The maximum atomic E-state index is 5.53. The van der Waals surface area contributed by atoms with E-state index in [0.717, 1.165) is 17.0 Å². The van der Waals surface area contributed by atoms with E-state index in [1.165, 1.54) is 0 Å². The lowest BCUT2D eigenvalue weighted by molar-refractivity contribution is 0.615. The Morgan fingerprint density at radius 1 is 1.19 bits per heavy atom. The van der Waals surface area contributed by atoms with Gasteiger partial charge in [-0.05, 0) is 18.6 Å². The Morgan fingerprint density at radius 3 is 2.62 bits per heavy atom. The molecule has 0 spiro atoms. The van der Waals surface area contributed by atoms with E-state index >= 15 is 0 Å². The van der Waals surface area contributed by atoms with Crippen LogP contribution in [0.25, 0.3) is 0 Å². The lowest BCUT2D eigenvalue weighted by atomic mass is 10.1. The van der Waals surface area contributed by atoms with Gasteiger partial charge < -0.3 is 0 Å². The summed E-state index contributed by atoms with van der Waals surface area (Å²) >= 11 is 0. The summed E-state index contributed by atoms with van der Waals surface area (Å²) in [5.74, 6) is 5.53. The summed E-state index contributed by atoms with van der Waals surface area (Å²) in [6, 6.07) is 3.74. The van der Waals surface area contributed by atoms with Crippen molar-refractivity contribution in [2.75, 3.05) is 0 Å². The number of hydrazine groups is 1. The SMILES string of the molecule is Cc1ccc(C(NN)c2cnccn2)cn1. The van der Waals surface area contributed by atoms with Crippen molar-refractivity contribution >= 4 is 0 Å². The summed E-state index contributed by atoms with van der Waals surface area (Å²) in [5, 5.41) is 0. The molecule has 2 heterocycles. The zero-order valence-electron chi connectivity index (χ0n) is 8.96. The van der Waals surface area contributed by atoms with Crippen molar-refractivity contribution in [1.82, 2.24) is 20.4 Å². The molecule has 2 rings (SSSR count). The summed E-state index contributed by atoms with van der Waals surface area (Å²) < 4.78 is 0. The molecular formula is C11H13N5. The second kappa shape index (κ2) is 4.78. The molecule has 0 saturated heterocycles. The van der Waals surface area contributed by atoms with Crippen LogP contribution in [0.5, 0.6) is 0 Å². The highest BCUT2D eigenvalue weighted by Gasteiger charge is 2.13. The number of aryl methyl sites for hydroxylation is 1. The normalized spacial score (nSPS) is 12.4. The molecule has 0 radical (unpaired) electrons. The van der Waals surface area contributed by atoms with Gasteiger partial charge in [0.25, 0.3) is 0 Å². The van der Waals surface area contributed by atoms with Crippen LogP contribution in [0.1, 0.15) is 23.0 Å². The average Bonchev–Trinajstić information content (AvgIpc) is 2.34. The smallest absolute Gasteiger partial charge is 0.0911 e. The molecule has 0 aliphatic rings. The third-order valence-electron chi connectivity index (χ3n) is 2.31. The maximum absolute atomic E-state index is 5.53. The number of aromatic nitrogens is 3. The number of hydrogen-bond acceptors (Lipinski definition) is 5. The first-order valence-corrected chi connectivity index (χ1v) is 4.96. The Bertz CT molecular complexity index is 440. The van der Waals surface area contributed by atoms with E-state index in [2.05, 4.69) is 20.4 Å². The first kappa shape index (κ1) is 10.7. The van der Waals surface area contributed by atoms with Crippen molar-refractivity contribution in [3.8, 4) is 0 Å². The van der Waals surface area contributed by atoms with Gasteiger partial charge in [0.1, 0.15) is 0 Å². The van der Waals surface area contributed by atoms with Crippen molar-refractivity contribution < 1.29 is 0 Å². The van der Waals surface area contributed by atoms with Crippen molar-refractivity contribution in [3.05, 3.63) is 53.9 Å². The highest BCUT2D eigenvalue weighted by Crippen LogP contribution is 2.17. The average molecular weight is 215 g/mol. The minimum atomic E-state index is -0.179. The first-order valence-electron chi connectivity index (χ1n) is 4.96. The lowest BCUT2D eigenvalue weighted by Crippen LogP contribution is -2.29. The van der Waals surface area contributed by atoms with E-state index in [0.29, 0.717) is 0 Å². The van der Waals surface area contributed by atoms with Gasteiger partial charge in [-0.1, -0.05) is 6.07 Å². The molecule has 2 aromatic heterocycles. The molecule has 5 nitrogen and oxygen atoms in total. The number of rotatable bonds is 3. The number of nitrogens with one attached hydrogen (secondary N) is 1. The standard InChI is InChI=1S/C11H13N5/c1-8-2-3-9(6-15-8)11(16-12)10-7-13-4-5-14-10/h2-7,11,16H,12H2,1H3. The van der Waals surface area contributed by atoms with Crippen LogP contribution in [-0.4, -0.2) is 15.0 Å². The molecule has 82 valence electrons. The number of hydrogen-bond donors (Lipinski definition) is 2. The third-order valence-corrected chi connectivity index (χ3v) is 2.31. The van der Waals surface area contributed by atoms with Gasteiger partial charge in [-0.15, -0.1) is 0 Å². The van der Waals surface area contributed by atoms with Gasteiger partial charge in [0, 0.05) is 24.3 Å². The highest BCUT2D eigenvalue weighted by molar-refractivity contribution is 5.24. The molecule has 0 bridgehead atoms. The predicted octanol–water partition coefficient (Wildman–Crippen LogP) is 0.733. The molecule has 3 N–H and O–H groups in total. The van der Waals surface area contributed by atoms with Crippen molar-refractivity contribution in [3.63, 3.8) is 0 Å². The van der Waals surface area contributed by atoms with Gasteiger partial charge >= 0.3 is 0 Å². The van der Waals surface area contributed by atoms with Gasteiger partial charge in [0.15, 0.2) is 0 Å². The fourth-order valence-electron chi connectivity index (χ4n) is 1.46. The third kappa shape index (κ3) is 2.21. The molecule has 0 aliphatic carbocycles.